The molecule has 0 bridgehead atoms. The van der Waals surface area contributed by atoms with E-state index in [9.17, 15) is 14.7 Å². The van der Waals surface area contributed by atoms with Gasteiger partial charge in [0.05, 0.1) is 12.6 Å². The SMILES string of the molecule is CC(C)OC(Cc1cn(CCOC(=O)Nc2ccc(Cl)cc2)c2ccccc12)C(=O)O. The van der Waals surface area contributed by atoms with Gasteiger partial charge in [0.15, 0.2) is 6.10 Å². The van der Waals surface area contributed by atoms with E-state index in [0.717, 1.165) is 16.5 Å². The molecule has 31 heavy (non-hydrogen) atoms. The van der Waals surface area contributed by atoms with Crippen molar-refractivity contribution in [1.82, 2.24) is 4.57 Å². The first-order chi connectivity index (χ1) is 14.8. The number of anilines is 1. The van der Waals surface area contributed by atoms with Crippen LogP contribution < -0.4 is 5.32 Å². The van der Waals surface area contributed by atoms with Crippen molar-refractivity contribution >= 4 is 40.3 Å². The summed E-state index contributed by atoms with van der Waals surface area (Å²) in [7, 11) is 0. The summed E-state index contributed by atoms with van der Waals surface area (Å²) in [5, 5.41) is 13.7. The number of fused-ring (bicyclic) bond motifs is 1. The Bertz CT molecular complexity index is 1050. The van der Waals surface area contributed by atoms with Gasteiger partial charge in [-0.2, -0.15) is 0 Å². The van der Waals surface area contributed by atoms with Gasteiger partial charge in [-0.05, 0) is 49.7 Å². The average molecular weight is 445 g/mol. The minimum Gasteiger partial charge on any atom is -0.479 e. The molecule has 2 aromatic carbocycles. The number of ether oxygens (including phenoxy) is 2. The number of nitrogens with zero attached hydrogens (tertiary/aromatic N) is 1. The molecule has 164 valence electrons. The van der Waals surface area contributed by atoms with Crippen LogP contribution in [0.4, 0.5) is 10.5 Å². The molecule has 1 atom stereocenters. The van der Waals surface area contributed by atoms with Gasteiger partial charge in [-0.3, -0.25) is 5.32 Å². The van der Waals surface area contributed by atoms with E-state index in [1.54, 1.807) is 24.3 Å². The van der Waals surface area contributed by atoms with E-state index in [0.29, 0.717) is 17.3 Å². The number of hydrogen-bond donors (Lipinski definition) is 2. The molecule has 0 aliphatic rings. The first-order valence-corrected chi connectivity index (χ1v) is 10.4. The molecule has 2 N–H and O–H groups in total. The number of carboxylic acids is 1. The summed E-state index contributed by atoms with van der Waals surface area (Å²) in [5.41, 5.74) is 2.40. The van der Waals surface area contributed by atoms with Crippen molar-refractivity contribution in [1.29, 1.82) is 0 Å². The fourth-order valence-corrected chi connectivity index (χ4v) is 3.44. The van der Waals surface area contributed by atoms with Gasteiger partial charge in [0, 0.05) is 34.2 Å². The number of para-hydroxylation sites is 1. The number of carbonyl (C=O) groups excluding carboxylic acids is 1. The lowest BCUT2D eigenvalue weighted by Gasteiger charge is -2.16. The molecule has 0 radical (unpaired) electrons. The molecular weight excluding hydrogens is 420 g/mol. The normalized spacial score (nSPS) is 12.1. The molecule has 0 spiro atoms. The van der Waals surface area contributed by atoms with Crippen LogP contribution in [0.25, 0.3) is 10.9 Å². The van der Waals surface area contributed by atoms with E-state index in [4.69, 9.17) is 21.1 Å². The first kappa shape index (κ1) is 22.7. The molecule has 0 aliphatic heterocycles. The molecule has 0 aliphatic carbocycles. The number of nitrogens with one attached hydrogen (secondary N) is 1. The van der Waals surface area contributed by atoms with Crippen LogP contribution in [0.1, 0.15) is 19.4 Å². The Labute approximate surface area is 185 Å². The van der Waals surface area contributed by atoms with Gasteiger partial charge >= 0.3 is 12.1 Å². The Kier molecular flexibility index (Phi) is 7.55. The summed E-state index contributed by atoms with van der Waals surface area (Å²) < 4.78 is 12.8. The zero-order valence-corrected chi connectivity index (χ0v) is 18.1. The van der Waals surface area contributed by atoms with Gasteiger partial charge in [-0.1, -0.05) is 29.8 Å². The van der Waals surface area contributed by atoms with Gasteiger partial charge in [0.25, 0.3) is 0 Å². The molecule has 3 aromatic rings. The number of benzene rings is 2. The molecular formula is C23H25ClN2O5. The molecule has 0 saturated heterocycles. The molecule has 1 unspecified atom stereocenters. The lowest BCUT2D eigenvalue weighted by atomic mass is 10.1. The molecule has 1 heterocycles. The largest absolute Gasteiger partial charge is 0.479 e. The zero-order chi connectivity index (χ0) is 22.4. The average Bonchev–Trinajstić information content (AvgIpc) is 3.06. The van der Waals surface area contributed by atoms with Crippen molar-refractivity contribution in [2.75, 3.05) is 11.9 Å². The summed E-state index contributed by atoms with van der Waals surface area (Å²) in [6.07, 6.45) is 0.460. The number of halogens is 1. The van der Waals surface area contributed by atoms with E-state index in [1.807, 2.05) is 48.9 Å². The highest BCUT2D eigenvalue weighted by molar-refractivity contribution is 6.30. The van der Waals surface area contributed by atoms with Gasteiger partial charge in [0.1, 0.15) is 6.61 Å². The van der Waals surface area contributed by atoms with Gasteiger partial charge in [-0.15, -0.1) is 0 Å². The van der Waals surface area contributed by atoms with Gasteiger partial charge in [0.2, 0.25) is 0 Å². The maximum Gasteiger partial charge on any atom is 0.411 e. The third-order valence-corrected chi connectivity index (χ3v) is 4.90. The number of carbonyl (C=O) groups is 2. The van der Waals surface area contributed by atoms with E-state index in [-0.39, 0.29) is 19.1 Å². The Hall–Kier alpha value is -3.03. The van der Waals surface area contributed by atoms with Gasteiger partial charge < -0.3 is 19.1 Å². The molecule has 8 heteroatoms. The molecule has 1 amide bonds. The fraction of sp³-hybridized carbons (Fsp3) is 0.304. The van der Waals surface area contributed by atoms with E-state index in [2.05, 4.69) is 5.32 Å². The standard InChI is InChI=1S/C23H25ClN2O5/c1-15(2)31-21(22(27)28)13-16-14-26(20-6-4-3-5-19(16)20)11-12-30-23(29)25-18-9-7-17(24)8-10-18/h3-10,14-15,21H,11-13H2,1-2H3,(H,25,29)(H,27,28). The fourth-order valence-electron chi connectivity index (χ4n) is 3.32. The Morgan fingerprint density at radius 3 is 2.52 bits per heavy atom. The van der Waals surface area contributed by atoms with Crippen molar-refractivity contribution < 1.29 is 24.2 Å². The van der Waals surface area contributed by atoms with Crippen molar-refractivity contribution in [2.45, 2.75) is 39.0 Å². The quantitative estimate of drug-likeness (QED) is 0.486. The van der Waals surface area contributed by atoms with Crippen LogP contribution in [-0.2, 0) is 27.2 Å². The topological polar surface area (TPSA) is 89.8 Å². The highest BCUT2D eigenvalue weighted by atomic mass is 35.5. The summed E-state index contributed by atoms with van der Waals surface area (Å²) in [6.45, 7) is 4.21. The van der Waals surface area contributed by atoms with Crippen LogP contribution in [-0.4, -0.2) is 40.6 Å². The number of amides is 1. The van der Waals surface area contributed by atoms with Crippen molar-refractivity contribution in [3.05, 3.63) is 65.3 Å². The van der Waals surface area contributed by atoms with Crippen molar-refractivity contribution in [3.8, 4) is 0 Å². The molecule has 0 saturated carbocycles. The monoisotopic (exact) mass is 444 g/mol. The molecule has 1 aromatic heterocycles. The number of aliphatic carboxylic acids is 1. The highest BCUT2D eigenvalue weighted by Gasteiger charge is 2.22. The van der Waals surface area contributed by atoms with Gasteiger partial charge in [-0.25, -0.2) is 9.59 Å². The third-order valence-electron chi connectivity index (χ3n) is 4.64. The van der Waals surface area contributed by atoms with E-state index < -0.39 is 18.2 Å². The van der Waals surface area contributed by atoms with Crippen LogP contribution in [0.3, 0.4) is 0 Å². The Morgan fingerprint density at radius 1 is 1.13 bits per heavy atom. The number of carboxylic acid groups (broad SMARTS) is 1. The predicted molar refractivity (Wildman–Crippen MR) is 120 cm³/mol. The van der Waals surface area contributed by atoms with Crippen molar-refractivity contribution in [2.24, 2.45) is 0 Å². The Balaban J connectivity index is 1.66. The summed E-state index contributed by atoms with van der Waals surface area (Å²) in [4.78, 5) is 23.6. The smallest absolute Gasteiger partial charge is 0.411 e. The molecule has 3 rings (SSSR count). The van der Waals surface area contributed by atoms with Crippen LogP contribution in [0.2, 0.25) is 5.02 Å². The maximum atomic E-state index is 12.0. The number of aromatic nitrogens is 1. The highest BCUT2D eigenvalue weighted by Crippen LogP contribution is 2.24. The first-order valence-electron chi connectivity index (χ1n) is 9.98. The predicted octanol–water partition coefficient (Wildman–Crippen LogP) is 4.96. The summed E-state index contributed by atoms with van der Waals surface area (Å²) in [6, 6.07) is 14.5. The van der Waals surface area contributed by atoms with Crippen LogP contribution in [0.15, 0.2) is 54.7 Å². The maximum absolute atomic E-state index is 12.0. The Morgan fingerprint density at radius 2 is 1.84 bits per heavy atom. The second-order valence-electron chi connectivity index (χ2n) is 7.35. The minimum atomic E-state index is -0.993. The number of rotatable bonds is 9. The second-order valence-corrected chi connectivity index (χ2v) is 7.78. The van der Waals surface area contributed by atoms with E-state index >= 15 is 0 Å². The molecule has 7 nitrogen and oxygen atoms in total. The van der Waals surface area contributed by atoms with E-state index in [1.165, 1.54) is 0 Å². The summed E-state index contributed by atoms with van der Waals surface area (Å²) >= 11 is 5.84. The van der Waals surface area contributed by atoms with Crippen LogP contribution in [0.5, 0.6) is 0 Å². The summed E-state index contributed by atoms with van der Waals surface area (Å²) in [5.74, 6) is -0.993. The second kappa shape index (κ2) is 10.3. The lowest BCUT2D eigenvalue weighted by molar-refractivity contribution is -0.153. The van der Waals surface area contributed by atoms with Crippen LogP contribution in [0, 0.1) is 0 Å². The van der Waals surface area contributed by atoms with Crippen molar-refractivity contribution in [3.63, 3.8) is 0 Å². The zero-order valence-electron chi connectivity index (χ0n) is 17.4. The molecule has 0 fully saturated rings. The number of hydrogen-bond acceptors (Lipinski definition) is 4. The van der Waals surface area contributed by atoms with Crippen LogP contribution >= 0.6 is 11.6 Å². The minimum absolute atomic E-state index is 0.155. The lowest BCUT2D eigenvalue weighted by Crippen LogP contribution is -2.29. The third kappa shape index (κ3) is 6.23.